The van der Waals surface area contributed by atoms with Gasteiger partial charge in [0.1, 0.15) is 12.3 Å². The predicted octanol–water partition coefficient (Wildman–Crippen LogP) is 2.37. The first-order valence-electron chi connectivity index (χ1n) is 7.19. The minimum absolute atomic E-state index is 0.0810. The number of anilines is 1. The van der Waals surface area contributed by atoms with Crippen molar-refractivity contribution >= 4 is 21.7 Å². The molecular weight excluding hydrogens is 330 g/mol. The fraction of sp³-hybridized carbons (Fsp3) is 0.235. The molecule has 0 aliphatic carbocycles. The van der Waals surface area contributed by atoms with Crippen molar-refractivity contribution in [1.29, 1.82) is 0 Å². The molecule has 0 spiro atoms. The lowest BCUT2D eigenvalue weighted by molar-refractivity contribution is -0.138. The molecule has 0 saturated heterocycles. The van der Waals surface area contributed by atoms with E-state index in [-0.39, 0.29) is 10.6 Å². The van der Waals surface area contributed by atoms with Crippen LogP contribution in [0.3, 0.4) is 0 Å². The molecule has 0 fully saturated rings. The molecule has 0 saturated carbocycles. The van der Waals surface area contributed by atoms with Crippen LogP contribution >= 0.6 is 0 Å². The van der Waals surface area contributed by atoms with Gasteiger partial charge in [-0.1, -0.05) is 24.3 Å². The zero-order valence-corrected chi connectivity index (χ0v) is 14.5. The first-order valence-corrected chi connectivity index (χ1v) is 8.63. The Morgan fingerprint density at radius 2 is 1.75 bits per heavy atom. The third kappa shape index (κ3) is 3.68. The summed E-state index contributed by atoms with van der Waals surface area (Å²) in [5, 5.41) is 0. The van der Waals surface area contributed by atoms with E-state index >= 15 is 0 Å². The Labute approximate surface area is 141 Å². The molecule has 0 aromatic heterocycles. The summed E-state index contributed by atoms with van der Waals surface area (Å²) < 4.78 is 37.0. The van der Waals surface area contributed by atoms with Crippen molar-refractivity contribution in [3.05, 3.63) is 54.1 Å². The summed E-state index contributed by atoms with van der Waals surface area (Å²) in [6, 6.07) is 13.0. The number of nitrogens with zero attached hydrogens (tertiary/aromatic N) is 1. The van der Waals surface area contributed by atoms with E-state index in [1.54, 1.807) is 36.4 Å². The number of hydrogen-bond donors (Lipinski definition) is 0. The lowest BCUT2D eigenvalue weighted by atomic mass is 10.2. The molecule has 0 atom stereocenters. The molecule has 2 aromatic carbocycles. The second kappa shape index (κ2) is 7.35. The van der Waals surface area contributed by atoms with Crippen molar-refractivity contribution in [2.75, 3.05) is 25.1 Å². The van der Waals surface area contributed by atoms with Gasteiger partial charge in [-0.15, -0.1) is 0 Å². The van der Waals surface area contributed by atoms with E-state index in [4.69, 9.17) is 4.74 Å². The summed E-state index contributed by atoms with van der Waals surface area (Å²) in [7, 11) is -1.30. The monoisotopic (exact) mass is 349 g/mol. The predicted molar refractivity (Wildman–Crippen MR) is 90.7 cm³/mol. The van der Waals surface area contributed by atoms with Crippen molar-refractivity contribution in [1.82, 2.24) is 0 Å². The molecule has 0 bridgehead atoms. The van der Waals surface area contributed by atoms with Crippen molar-refractivity contribution < 1.29 is 22.7 Å². The topological polar surface area (TPSA) is 72.9 Å². The maximum Gasteiger partial charge on any atom is 0.326 e. The molecule has 0 N–H and O–H groups in total. The summed E-state index contributed by atoms with van der Waals surface area (Å²) in [6.45, 7) is 1.38. The van der Waals surface area contributed by atoms with Crippen LogP contribution in [0.2, 0.25) is 0 Å². The van der Waals surface area contributed by atoms with E-state index in [0.717, 1.165) is 9.87 Å². The number of hydrogen-bond acceptors (Lipinski definition) is 5. The number of aryl methyl sites for hydroxylation is 1. The van der Waals surface area contributed by atoms with Crippen molar-refractivity contribution in [2.24, 2.45) is 0 Å². The molecule has 0 unspecified atom stereocenters. The molecule has 2 rings (SSSR count). The minimum atomic E-state index is -3.96. The van der Waals surface area contributed by atoms with Crippen LogP contribution in [-0.4, -0.2) is 35.2 Å². The van der Waals surface area contributed by atoms with Crippen LogP contribution in [-0.2, 0) is 19.6 Å². The van der Waals surface area contributed by atoms with Crippen molar-refractivity contribution in [3.63, 3.8) is 0 Å². The number of ether oxygens (including phenoxy) is 2. The van der Waals surface area contributed by atoms with Crippen molar-refractivity contribution in [2.45, 2.75) is 11.8 Å². The lowest BCUT2D eigenvalue weighted by Crippen LogP contribution is -2.36. The fourth-order valence-corrected chi connectivity index (χ4v) is 3.63. The van der Waals surface area contributed by atoms with Crippen LogP contribution < -0.4 is 9.04 Å². The SMILES string of the molecule is COC(=O)CN(c1cc(C)ccc1OC)S(=O)(=O)c1ccccc1. The molecule has 6 nitrogen and oxygen atoms in total. The molecule has 0 aliphatic rings. The average molecular weight is 349 g/mol. The van der Waals surface area contributed by atoms with Gasteiger partial charge in [0.2, 0.25) is 0 Å². The first-order chi connectivity index (χ1) is 11.4. The van der Waals surface area contributed by atoms with E-state index in [0.29, 0.717) is 5.75 Å². The van der Waals surface area contributed by atoms with Gasteiger partial charge in [0.25, 0.3) is 10.0 Å². The summed E-state index contributed by atoms with van der Waals surface area (Å²) in [5.41, 5.74) is 1.12. The highest BCUT2D eigenvalue weighted by Crippen LogP contribution is 2.33. The number of carbonyl (C=O) groups is 1. The maximum atomic E-state index is 13.0. The summed E-state index contributed by atoms with van der Waals surface area (Å²) >= 11 is 0. The molecule has 0 radical (unpaired) electrons. The number of carbonyl (C=O) groups excluding carboxylic acids is 1. The van der Waals surface area contributed by atoms with Crippen LogP contribution in [0, 0.1) is 6.92 Å². The Kier molecular flexibility index (Phi) is 5.46. The molecule has 7 heteroatoms. The number of rotatable bonds is 6. The van der Waals surface area contributed by atoms with Crippen molar-refractivity contribution in [3.8, 4) is 5.75 Å². The van der Waals surface area contributed by atoms with Gasteiger partial charge in [-0.2, -0.15) is 0 Å². The fourth-order valence-electron chi connectivity index (χ4n) is 2.20. The van der Waals surface area contributed by atoms with Crippen LogP contribution in [0.15, 0.2) is 53.4 Å². The highest BCUT2D eigenvalue weighted by Gasteiger charge is 2.29. The Morgan fingerprint density at radius 3 is 2.33 bits per heavy atom. The smallest absolute Gasteiger partial charge is 0.326 e. The molecule has 0 amide bonds. The molecule has 0 aliphatic heterocycles. The zero-order valence-electron chi connectivity index (χ0n) is 13.7. The van der Waals surface area contributed by atoms with Gasteiger partial charge in [-0.05, 0) is 36.8 Å². The van der Waals surface area contributed by atoms with Gasteiger partial charge in [0.05, 0.1) is 24.8 Å². The van der Waals surface area contributed by atoms with E-state index in [1.165, 1.54) is 26.4 Å². The summed E-state index contributed by atoms with van der Waals surface area (Å²) in [4.78, 5) is 11.9. The highest BCUT2D eigenvalue weighted by atomic mass is 32.2. The normalized spacial score (nSPS) is 11.0. The second-order valence-corrected chi connectivity index (χ2v) is 6.94. The first kappa shape index (κ1) is 17.8. The van der Waals surface area contributed by atoms with Crippen LogP contribution in [0.1, 0.15) is 5.56 Å². The minimum Gasteiger partial charge on any atom is -0.495 e. The molecule has 24 heavy (non-hydrogen) atoms. The zero-order chi connectivity index (χ0) is 17.7. The third-order valence-electron chi connectivity index (χ3n) is 3.43. The van der Waals surface area contributed by atoms with Gasteiger partial charge < -0.3 is 9.47 Å². The highest BCUT2D eigenvalue weighted by molar-refractivity contribution is 7.92. The summed E-state index contributed by atoms with van der Waals surface area (Å²) in [5.74, 6) is -0.318. The Morgan fingerprint density at radius 1 is 1.08 bits per heavy atom. The van der Waals surface area contributed by atoms with E-state index in [2.05, 4.69) is 4.74 Å². The second-order valence-electron chi connectivity index (χ2n) is 5.08. The Hall–Kier alpha value is -2.54. The quantitative estimate of drug-likeness (QED) is 0.749. The molecule has 2 aromatic rings. The van der Waals surface area contributed by atoms with Gasteiger partial charge in [-0.25, -0.2) is 8.42 Å². The third-order valence-corrected chi connectivity index (χ3v) is 5.21. The van der Waals surface area contributed by atoms with Crippen LogP contribution in [0.4, 0.5) is 5.69 Å². The summed E-state index contributed by atoms with van der Waals surface area (Å²) in [6.07, 6.45) is 0. The van der Waals surface area contributed by atoms with E-state index in [9.17, 15) is 13.2 Å². The number of benzene rings is 2. The van der Waals surface area contributed by atoms with E-state index in [1.807, 2.05) is 6.92 Å². The Bertz CT molecular complexity index is 818. The Balaban J connectivity index is 2.62. The largest absolute Gasteiger partial charge is 0.495 e. The number of sulfonamides is 1. The van der Waals surface area contributed by atoms with Gasteiger partial charge >= 0.3 is 5.97 Å². The lowest BCUT2D eigenvalue weighted by Gasteiger charge is -2.25. The van der Waals surface area contributed by atoms with Crippen LogP contribution in [0.5, 0.6) is 5.75 Å². The van der Waals surface area contributed by atoms with Gasteiger partial charge in [0, 0.05) is 0 Å². The van der Waals surface area contributed by atoms with Gasteiger partial charge in [0.15, 0.2) is 0 Å². The van der Waals surface area contributed by atoms with Crippen LogP contribution in [0.25, 0.3) is 0 Å². The molecular formula is C17H19NO5S. The molecule has 128 valence electrons. The standard InChI is InChI=1S/C17H19NO5S/c1-13-9-10-16(22-2)15(11-13)18(12-17(19)23-3)24(20,21)14-7-5-4-6-8-14/h4-11H,12H2,1-3H3. The van der Waals surface area contributed by atoms with E-state index < -0.39 is 22.5 Å². The van der Waals surface area contributed by atoms with Gasteiger partial charge in [-0.3, -0.25) is 9.10 Å². The molecule has 0 heterocycles. The maximum absolute atomic E-state index is 13.0. The number of methoxy groups -OCH3 is 2. The average Bonchev–Trinajstić information content (AvgIpc) is 2.60. The number of esters is 1.